The second-order valence-electron chi connectivity index (χ2n) is 8.83. The molecule has 38 heavy (non-hydrogen) atoms. The van der Waals surface area contributed by atoms with Gasteiger partial charge >= 0.3 is 5.97 Å². The van der Waals surface area contributed by atoms with Crippen molar-refractivity contribution in [2.75, 3.05) is 44.5 Å². The minimum atomic E-state index is -0.580. The summed E-state index contributed by atoms with van der Waals surface area (Å²) < 4.78 is 18.8. The van der Waals surface area contributed by atoms with E-state index in [-0.39, 0.29) is 12.5 Å². The van der Waals surface area contributed by atoms with E-state index in [1.807, 2.05) is 39.8 Å². The van der Waals surface area contributed by atoms with Crippen LogP contribution in [0.4, 0.5) is 5.95 Å². The molecular formula is C27H39N5O5S. The van der Waals surface area contributed by atoms with Gasteiger partial charge in [0.2, 0.25) is 11.1 Å². The van der Waals surface area contributed by atoms with Crippen molar-refractivity contribution in [3.63, 3.8) is 0 Å². The molecule has 10 nitrogen and oxygen atoms in total. The van der Waals surface area contributed by atoms with Crippen LogP contribution in [0.15, 0.2) is 34.6 Å². The van der Waals surface area contributed by atoms with Crippen molar-refractivity contribution < 1.29 is 23.8 Å². The van der Waals surface area contributed by atoms with Gasteiger partial charge < -0.3 is 24.4 Å². The van der Waals surface area contributed by atoms with Gasteiger partial charge in [-0.2, -0.15) is 4.98 Å². The predicted molar refractivity (Wildman–Crippen MR) is 148 cm³/mol. The van der Waals surface area contributed by atoms with Gasteiger partial charge in [0, 0.05) is 24.5 Å². The lowest BCUT2D eigenvalue weighted by atomic mass is 9.95. The number of aromatic nitrogens is 3. The number of nitrogens with one attached hydrogen (secondary N) is 1. The van der Waals surface area contributed by atoms with Crippen LogP contribution in [0.5, 0.6) is 11.5 Å². The Morgan fingerprint density at radius 1 is 1.13 bits per heavy atom. The standard InChI is InChI=1S/C27H39N5O5S/c1-7-11-14-36-25(34)23-18(5)28-26-29-27(38-15-8-2)30-32(26)24(23)19-12-13-20(21(16-19)35-6)37-17-22(33)31(9-3)10-4/h12-13,16,24H,7-11,14-15,17H2,1-6H3,(H,28,29,30). The summed E-state index contributed by atoms with van der Waals surface area (Å²) in [4.78, 5) is 32.1. The highest BCUT2D eigenvalue weighted by atomic mass is 32.2. The Balaban J connectivity index is 1.98. The zero-order valence-corrected chi connectivity index (χ0v) is 24.0. The van der Waals surface area contributed by atoms with Gasteiger partial charge in [0.05, 0.1) is 19.3 Å². The highest BCUT2D eigenvalue weighted by molar-refractivity contribution is 7.99. The summed E-state index contributed by atoms with van der Waals surface area (Å²) in [6, 6.07) is 4.84. The monoisotopic (exact) mass is 545 g/mol. The van der Waals surface area contributed by atoms with E-state index in [9.17, 15) is 9.59 Å². The molecule has 1 N–H and O–H groups in total. The number of methoxy groups -OCH3 is 1. The molecule has 11 heteroatoms. The molecule has 1 aliphatic rings. The van der Waals surface area contributed by atoms with Crippen LogP contribution < -0.4 is 14.8 Å². The molecular weight excluding hydrogens is 506 g/mol. The fraction of sp³-hybridized carbons (Fsp3) is 0.556. The molecule has 0 aliphatic carbocycles. The number of nitrogens with zero attached hydrogens (tertiary/aromatic N) is 4. The number of fused-ring (bicyclic) bond motifs is 1. The Kier molecular flexibility index (Phi) is 10.9. The molecule has 0 bridgehead atoms. The van der Waals surface area contributed by atoms with E-state index in [1.165, 1.54) is 0 Å². The summed E-state index contributed by atoms with van der Waals surface area (Å²) in [5.41, 5.74) is 1.87. The maximum Gasteiger partial charge on any atom is 0.338 e. The average molecular weight is 546 g/mol. The van der Waals surface area contributed by atoms with Crippen LogP contribution in [0.3, 0.4) is 0 Å². The number of amides is 1. The lowest BCUT2D eigenvalue weighted by Crippen LogP contribution is -2.34. The second-order valence-corrected chi connectivity index (χ2v) is 9.89. The Hall–Kier alpha value is -3.21. The van der Waals surface area contributed by atoms with Crippen molar-refractivity contribution in [2.45, 2.75) is 65.1 Å². The maximum absolute atomic E-state index is 13.3. The van der Waals surface area contributed by atoms with E-state index in [0.717, 1.165) is 30.6 Å². The Bertz CT molecular complexity index is 1140. The van der Waals surface area contributed by atoms with Gasteiger partial charge in [0.15, 0.2) is 18.1 Å². The van der Waals surface area contributed by atoms with Crippen LogP contribution >= 0.6 is 11.8 Å². The van der Waals surface area contributed by atoms with Gasteiger partial charge in [-0.1, -0.05) is 38.1 Å². The Morgan fingerprint density at radius 3 is 2.55 bits per heavy atom. The summed E-state index contributed by atoms with van der Waals surface area (Å²) in [6.07, 6.45) is 2.70. The average Bonchev–Trinajstić information content (AvgIpc) is 3.32. The Labute approximate surface area is 229 Å². The maximum atomic E-state index is 13.3. The molecule has 0 radical (unpaired) electrons. The lowest BCUT2D eigenvalue weighted by Gasteiger charge is -2.28. The fourth-order valence-corrected chi connectivity index (χ4v) is 4.81. The van der Waals surface area contributed by atoms with Crippen molar-refractivity contribution in [2.24, 2.45) is 0 Å². The van der Waals surface area contributed by atoms with Crippen LogP contribution in [0, 0.1) is 0 Å². The molecule has 2 heterocycles. The second kappa shape index (κ2) is 14.1. The predicted octanol–water partition coefficient (Wildman–Crippen LogP) is 4.67. The topological polar surface area (TPSA) is 108 Å². The third-order valence-electron chi connectivity index (χ3n) is 6.19. The molecule has 0 saturated carbocycles. The van der Waals surface area contributed by atoms with Crippen molar-refractivity contribution in [3.05, 3.63) is 35.0 Å². The number of carbonyl (C=O) groups excluding carboxylic acids is 2. The van der Waals surface area contributed by atoms with Crippen molar-refractivity contribution in [3.8, 4) is 11.5 Å². The molecule has 1 amide bonds. The molecule has 208 valence electrons. The first-order valence-corrected chi connectivity index (χ1v) is 14.2. The quantitative estimate of drug-likeness (QED) is 0.206. The van der Waals surface area contributed by atoms with Crippen LogP contribution in [-0.2, 0) is 14.3 Å². The fourth-order valence-electron chi connectivity index (χ4n) is 4.13. The number of esters is 1. The van der Waals surface area contributed by atoms with Crippen LogP contribution in [0.1, 0.15) is 65.5 Å². The minimum absolute atomic E-state index is 0.0933. The Morgan fingerprint density at radius 2 is 1.89 bits per heavy atom. The molecule has 0 spiro atoms. The van der Waals surface area contributed by atoms with Gasteiger partial charge in [-0.05, 0) is 51.3 Å². The summed E-state index contributed by atoms with van der Waals surface area (Å²) in [6.45, 7) is 11.3. The van der Waals surface area contributed by atoms with Gasteiger partial charge in [-0.25, -0.2) is 9.48 Å². The molecule has 0 fully saturated rings. The van der Waals surface area contributed by atoms with Crippen LogP contribution in [-0.4, -0.2) is 70.7 Å². The molecule has 1 aromatic carbocycles. The van der Waals surface area contributed by atoms with Crippen molar-refractivity contribution >= 4 is 29.6 Å². The van der Waals surface area contributed by atoms with E-state index in [0.29, 0.717) is 53.6 Å². The number of allylic oxidation sites excluding steroid dienone is 1. The number of unbranched alkanes of at least 4 members (excludes halogenated alkanes) is 1. The number of anilines is 1. The number of thioether (sulfide) groups is 1. The first-order chi connectivity index (χ1) is 18.4. The molecule has 1 atom stereocenters. The molecule has 1 aliphatic heterocycles. The van der Waals surface area contributed by atoms with E-state index < -0.39 is 12.0 Å². The number of carbonyl (C=O) groups is 2. The normalized spacial score (nSPS) is 14.5. The van der Waals surface area contributed by atoms with Gasteiger partial charge in [0.1, 0.15) is 6.04 Å². The number of rotatable bonds is 14. The largest absolute Gasteiger partial charge is 0.493 e. The van der Waals surface area contributed by atoms with Gasteiger partial charge in [0.25, 0.3) is 5.91 Å². The van der Waals surface area contributed by atoms with Crippen molar-refractivity contribution in [1.29, 1.82) is 0 Å². The summed E-state index contributed by atoms with van der Waals surface area (Å²) in [5, 5.41) is 8.59. The van der Waals surface area contributed by atoms with E-state index in [4.69, 9.17) is 19.3 Å². The van der Waals surface area contributed by atoms with Crippen molar-refractivity contribution in [1.82, 2.24) is 19.7 Å². The number of likely N-dealkylation sites (N-methyl/N-ethyl adjacent to an activating group) is 1. The minimum Gasteiger partial charge on any atom is -0.493 e. The number of hydrogen-bond acceptors (Lipinski definition) is 9. The molecule has 0 saturated heterocycles. The highest BCUT2D eigenvalue weighted by Crippen LogP contribution is 2.40. The first-order valence-electron chi connectivity index (χ1n) is 13.2. The number of benzene rings is 1. The smallest absolute Gasteiger partial charge is 0.338 e. The SMILES string of the molecule is CCCCOC(=O)C1=C(C)Nc2nc(SCCC)nn2C1c1ccc(OCC(=O)N(CC)CC)c(OC)c1. The molecule has 3 rings (SSSR count). The number of hydrogen-bond donors (Lipinski definition) is 1. The van der Waals surface area contributed by atoms with E-state index in [2.05, 4.69) is 17.2 Å². The van der Waals surface area contributed by atoms with Crippen LogP contribution in [0.25, 0.3) is 0 Å². The third-order valence-corrected chi connectivity index (χ3v) is 7.23. The third kappa shape index (κ3) is 6.80. The lowest BCUT2D eigenvalue weighted by molar-refractivity contribution is -0.139. The summed E-state index contributed by atoms with van der Waals surface area (Å²) in [5.74, 6) is 1.84. The van der Waals surface area contributed by atoms with E-state index in [1.54, 1.807) is 34.5 Å². The molecule has 1 aromatic heterocycles. The van der Waals surface area contributed by atoms with Gasteiger partial charge in [-0.3, -0.25) is 4.79 Å². The summed E-state index contributed by atoms with van der Waals surface area (Å²) in [7, 11) is 1.54. The zero-order chi connectivity index (χ0) is 27.7. The summed E-state index contributed by atoms with van der Waals surface area (Å²) >= 11 is 1.57. The zero-order valence-electron chi connectivity index (χ0n) is 23.2. The molecule has 1 unspecified atom stereocenters. The highest BCUT2D eigenvalue weighted by Gasteiger charge is 2.35. The molecule has 2 aromatic rings. The van der Waals surface area contributed by atoms with Crippen LogP contribution in [0.2, 0.25) is 0 Å². The first kappa shape index (κ1) is 29.3. The van der Waals surface area contributed by atoms with E-state index >= 15 is 0 Å². The van der Waals surface area contributed by atoms with Gasteiger partial charge in [-0.15, -0.1) is 5.10 Å². The number of ether oxygens (including phenoxy) is 3.